The Balaban J connectivity index is 1.59. The van der Waals surface area contributed by atoms with Crippen LogP contribution in [0.5, 0.6) is 0 Å². The molecule has 0 aliphatic carbocycles. The smallest absolute Gasteiger partial charge is 0.0969 e. The summed E-state index contributed by atoms with van der Waals surface area (Å²) in [6.45, 7) is 3.74. The molecule has 3 rings (SSSR count). The molecule has 2 aromatic heterocycles. The van der Waals surface area contributed by atoms with Crippen LogP contribution in [0.1, 0.15) is 16.1 Å². The standard InChI is InChI=1S/C15H16N4S/c1-12-7-8-20-15(12)11-16-9-13-10-17-19(18-13)14-5-3-2-4-6-14/h2-8,10,16H,9,11H2,1H3. The van der Waals surface area contributed by atoms with Crippen molar-refractivity contribution in [1.82, 2.24) is 20.3 Å². The average Bonchev–Trinajstić information content (AvgIpc) is 3.10. The summed E-state index contributed by atoms with van der Waals surface area (Å²) in [6, 6.07) is 12.1. The van der Waals surface area contributed by atoms with E-state index in [-0.39, 0.29) is 0 Å². The quantitative estimate of drug-likeness (QED) is 0.783. The number of benzene rings is 1. The molecule has 0 spiro atoms. The molecule has 4 nitrogen and oxygen atoms in total. The largest absolute Gasteiger partial charge is 0.306 e. The number of aromatic nitrogens is 3. The summed E-state index contributed by atoms with van der Waals surface area (Å²) in [5.41, 5.74) is 3.27. The Bertz CT molecular complexity index is 672. The van der Waals surface area contributed by atoms with Gasteiger partial charge in [-0.25, -0.2) is 0 Å². The summed E-state index contributed by atoms with van der Waals surface area (Å²) in [5, 5.41) is 14.3. The van der Waals surface area contributed by atoms with Crippen molar-refractivity contribution in [2.75, 3.05) is 0 Å². The first-order chi connectivity index (χ1) is 9.83. The van der Waals surface area contributed by atoms with E-state index in [1.54, 1.807) is 22.3 Å². The summed E-state index contributed by atoms with van der Waals surface area (Å²) in [6.07, 6.45) is 1.81. The van der Waals surface area contributed by atoms with Crippen molar-refractivity contribution in [3.05, 3.63) is 64.1 Å². The number of hydrogen-bond donors (Lipinski definition) is 1. The van der Waals surface area contributed by atoms with E-state index in [0.29, 0.717) is 0 Å². The molecule has 0 unspecified atom stereocenters. The molecule has 0 amide bonds. The third kappa shape index (κ3) is 2.95. The maximum absolute atomic E-state index is 4.47. The fraction of sp³-hybridized carbons (Fsp3) is 0.200. The summed E-state index contributed by atoms with van der Waals surface area (Å²) >= 11 is 1.78. The minimum atomic E-state index is 0.726. The first kappa shape index (κ1) is 13.0. The van der Waals surface area contributed by atoms with Crippen LogP contribution in [0.15, 0.2) is 48.0 Å². The third-order valence-electron chi connectivity index (χ3n) is 3.09. The fourth-order valence-electron chi connectivity index (χ4n) is 1.95. The molecular weight excluding hydrogens is 268 g/mol. The van der Waals surface area contributed by atoms with Gasteiger partial charge in [-0.1, -0.05) is 18.2 Å². The van der Waals surface area contributed by atoms with E-state index in [0.717, 1.165) is 24.5 Å². The molecule has 0 radical (unpaired) electrons. The molecule has 0 atom stereocenters. The van der Waals surface area contributed by atoms with Gasteiger partial charge >= 0.3 is 0 Å². The molecule has 0 saturated carbocycles. The predicted molar refractivity (Wildman–Crippen MR) is 81.0 cm³/mol. The van der Waals surface area contributed by atoms with Crippen LogP contribution in [0.4, 0.5) is 0 Å². The van der Waals surface area contributed by atoms with E-state index < -0.39 is 0 Å². The van der Waals surface area contributed by atoms with Crippen LogP contribution in [-0.2, 0) is 13.1 Å². The lowest BCUT2D eigenvalue weighted by Gasteiger charge is -2.01. The Hall–Kier alpha value is -1.98. The molecule has 20 heavy (non-hydrogen) atoms. The first-order valence-electron chi connectivity index (χ1n) is 6.53. The van der Waals surface area contributed by atoms with Gasteiger partial charge in [0, 0.05) is 18.0 Å². The SMILES string of the molecule is Cc1ccsc1CNCc1cnn(-c2ccccc2)n1. The molecule has 0 fully saturated rings. The second-order valence-corrected chi connectivity index (χ2v) is 5.59. The molecule has 0 aliphatic rings. The summed E-state index contributed by atoms with van der Waals surface area (Å²) in [4.78, 5) is 3.04. The third-order valence-corrected chi connectivity index (χ3v) is 4.11. The number of nitrogens with one attached hydrogen (secondary N) is 1. The topological polar surface area (TPSA) is 42.7 Å². The van der Waals surface area contributed by atoms with Crippen molar-refractivity contribution < 1.29 is 0 Å². The zero-order valence-electron chi connectivity index (χ0n) is 11.3. The normalized spacial score (nSPS) is 10.8. The molecule has 1 N–H and O–H groups in total. The van der Waals surface area contributed by atoms with Crippen LogP contribution >= 0.6 is 11.3 Å². The Morgan fingerprint density at radius 3 is 2.75 bits per heavy atom. The van der Waals surface area contributed by atoms with E-state index >= 15 is 0 Å². The summed E-state index contributed by atoms with van der Waals surface area (Å²) in [7, 11) is 0. The highest BCUT2D eigenvalue weighted by Crippen LogP contribution is 2.14. The second-order valence-electron chi connectivity index (χ2n) is 4.59. The van der Waals surface area contributed by atoms with Crippen molar-refractivity contribution in [2.45, 2.75) is 20.0 Å². The Morgan fingerprint density at radius 1 is 1.15 bits per heavy atom. The van der Waals surface area contributed by atoms with Crippen molar-refractivity contribution in [1.29, 1.82) is 0 Å². The molecule has 0 saturated heterocycles. The minimum absolute atomic E-state index is 0.726. The van der Waals surface area contributed by atoms with Crippen molar-refractivity contribution >= 4 is 11.3 Å². The van der Waals surface area contributed by atoms with Crippen LogP contribution in [-0.4, -0.2) is 15.0 Å². The van der Waals surface area contributed by atoms with Crippen LogP contribution in [0, 0.1) is 6.92 Å². The summed E-state index contributed by atoms with van der Waals surface area (Å²) < 4.78 is 0. The number of rotatable bonds is 5. The van der Waals surface area contributed by atoms with Gasteiger partial charge in [-0.05, 0) is 36.1 Å². The average molecular weight is 284 g/mol. The number of hydrogen-bond acceptors (Lipinski definition) is 4. The highest BCUT2D eigenvalue weighted by Gasteiger charge is 2.03. The van der Waals surface area contributed by atoms with Gasteiger partial charge in [0.25, 0.3) is 0 Å². The highest BCUT2D eigenvalue weighted by molar-refractivity contribution is 7.10. The van der Waals surface area contributed by atoms with Crippen molar-refractivity contribution in [2.24, 2.45) is 0 Å². The van der Waals surface area contributed by atoms with E-state index in [2.05, 4.69) is 33.9 Å². The van der Waals surface area contributed by atoms with Gasteiger partial charge < -0.3 is 5.32 Å². The van der Waals surface area contributed by atoms with Crippen molar-refractivity contribution in [3.63, 3.8) is 0 Å². The summed E-state index contributed by atoms with van der Waals surface area (Å²) in [5.74, 6) is 0. The van der Waals surface area contributed by atoms with Gasteiger partial charge in [0.15, 0.2) is 0 Å². The second kappa shape index (κ2) is 5.98. The number of nitrogens with zero attached hydrogens (tertiary/aromatic N) is 3. The van der Waals surface area contributed by atoms with Gasteiger partial charge in [-0.3, -0.25) is 0 Å². The van der Waals surface area contributed by atoms with Gasteiger partial charge in [-0.2, -0.15) is 15.0 Å². The highest BCUT2D eigenvalue weighted by atomic mass is 32.1. The minimum Gasteiger partial charge on any atom is -0.306 e. The van der Waals surface area contributed by atoms with Gasteiger partial charge in [0.05, 0.1) is 17.6 Å². The van der Waals surface area contributed by atoms with Gasteiger partial charge in [-0.15, -0.1) is 11.3 Å². The van der Waals surface area contributed by atoms with Crippen LogP contribution in [0.3, 0.4) is 0 Å². The zero-order valence-corrected chi connectivity index (χ0v) is 12.1. The molecule has 2 heterocycles. The first-order valence-corrected chi connectivity index (χ1v) is 7.41. The number of para-hydroxylation sites is 1. The molecule has 5 heteroatoms. The van der Waals surface area contributed by atoms with Gasteiger partial charge in [0.2, 0.25) is 0 Å². The fourth-order valence-corrected chi connectivity index (χ4v) is 2.83. The monoisotopic (exact) mass is 284 g/mol. The van der Waals surface area contributed by atoms with E-state index in [9.17, 15) is 0 Å². The van der Waals surface area contributed by atoms with Gasteiger partial charge in [0.1, 0.15) is 0 Å². The van der Waals surface area contributed by atoms with Crippen LogP contribution in [0.2, 0.25) is 0 Å². The lowest BCUT2D eigenvalue weighted by Crippen LogP contribution is -2.13. The lowest BCUT2D eigenvalue weighted by molar-refractivity contribution is 0.666. The van der Waals surface area contributed by atoms with Crippen LogP contribution in [0.25, 0.3) is 5.69 Å². The van der Waals surface area contributed by atoms with E-state index in [1.165, 1.54) is 10.4 Å². The van der Waals surface area contributed by atoms with Crippen molar-refractivity contribution in [3.8, 4) is 5.69 Å². The number of thiophene rings is 1. The molecule has 1 aromatic carbocycles. The Morgan fingerprint density at radius 2 is 2.00 bits per heavy atom. The maximum atomic E-state index is 4.47. The molecule has 3 aromatic rings. The Kier molecular flexibility index (Phi) is 3.90. The molecule has 0 bridgehead atoms. The zero-order chi connectivity index (χ0) is 13.8. The molecular formula is C15H16N4S. The van der Waals surface area contributed by atoms with E-state index in [4.69, 9.17) is 0 Å². The maximum Gasteiger partial charge on any atom is 0.0969 e. The molecule has 102 valence electrons. The lowest BCUT2D eigenvalue weighted by atomic mass is 10.3. The predicted octanol–water partition coefficient (Wildman–Crippen LogP) is 2.93. The van der Waals surface area contributed by atoms with Crippen LogP contribution < -0.4 is 5.32 Å². The number of aryl methyl sites for hydroxylation is 1. The molecule has 0 aliphatic heterocycles. The van der Waals surface area contributed by atoms with E-state index in [1.807, 2.05) is 30.3 Å². The Labute approximate surface area is 122 Å².